The zero-order valence-corrected chi connectivity index (χ0v) is 19.1. The van der Waals surface area contributed by atoms with Crippen LogP contribution in [0.25, 0.3) is 0 Å². The maximum atomic E-state index is 12.2. The summed E-state index contributed by atoms with van der Waals surface area (Å²) in [6.07, 6.45) is 1.17. The summed E-state index contributed by atoms with van der Waals surface area (Å²) in [5, 5.41) is 6.66. The minimum absolute atomic E-state index is 0. The highest BCUT2D eigenvalue weighted by Gasteiger charge is 2.33. The third-order valence-electron chi connectivity index (χ3n) is 4.06. The van der Waals surface area contributed by atoms with Crippen LogP contribution in [0.5, 0.6) is 0 Å². The Morgan fingerprint density at radius 3 is 2.42 bits per heavy atom. The van der Waals surface area contributed by atoms with E-state index in [0.29, 0.717) is 18.5 Å². The molecule has 0 amide bonds. The second-order valence-electron chi connectivity index (χ2n) is 6.96. The normalized spacial score (nSPS) is 19.8. The molecule has 0 heterocycles. The van der Waals surface area contributed by atoms with Gasteiger partial charge in [0.05, 0.1) is 12.3 Å². The van der Waals surface area contributed by atoms with E-state index in [1.54, 1.807) is 0 Å². The summed E-state index contributed by atoms with van der Waals surface area (Å²) >= 11 is 0. The number of rotatable bonds is 8. The fourth-order valence-electron chi connectivity index (χ4n) is 2.64. The highest BCUT2D eigenvalue weighted by molar-refractivity contribution is 14.0. The molecule has 148 valence electrons. The van der Waals surface area contributed by atoms with Gasteiger partial charge < -0.3 is 10.6 Å². The van der Waals surface area contributed by atoms with Crippen molar-refractivity contribution in [1.29, 1.82) is 0 Å². The van der Waals surface area contributed by atoms with Crippen molar-refractivity contribution in [3.63, 3.8) is 0 Å². The summed E-state index contributed by atoms with van der Waals surface area (Å²) < 4.78 is 27.1. The minimum atomic E-state index is -3.35. The van der Waals surface area contributed by atoms with Crippen molar-refractivity contribution in [3.05, 3.63) is 35.4 Å². The maximum absolute atomic E-state index is 12.2. The highest BCUT2D eigenvalue weighted by atomic mass is 127. The molecule has 1 aliphatic carbocycles. The summed E-state index contributed by atoms with van der Waals surface area (Å²) in [7, 11) is -3.35. The van der Waals surface area contributed by atoms with Crippen LogP contribution < -0.4 is 15.4 Å². The van der Waals surface area contributed by atoms with E-state index in [-0.39, 0.29) is 35.8 Å². The Hall–Kier alpha value is -0.870. The van der Waals surface area contributed by atoms with Gasteiger partial charge in [-0.3, -0.25) is 0 Å². The smallest absolute Gasteiger partial charge is 0.216 e. The number of benzene rings is 1. The topological polar surface area (TPSA) is 82.6 Å². The molecule has 0 aromatic heterocycles. The molecule has 1 aromatic carbocycles. The second-order valence-corrected chi connectivity index (χ2v) is 8.71. The van der Waals surface area contributed by atoms with Gasteiger partial charge in [0.2, 0.25) is 10.0 Å². The molecule has 26 heavy (non-hydrogen) atoms. The molecule has 1 aromatic rings. The van der Waals surface area contributed by atoms with Gasteiger partial charge in [0.25, 0.3) is 0 Å². The molecule has 0 bridgehead atoms. The molecule has 2 unspecified atom stereocenters. The molecular weight excluding hydrogens is 463 g/mol. The van der Waals surface area contributed by atoms with E-state index in [4.69, 9.17) is 0 Å². The Morgan fingerprint density at radius 1 is 1.27 bits per heavy atom. The largest absolute Gasteiger partial charge is 0.357 e. The lowest BCUT2D eigenvalue weighted by Crippen LogP contribution is -2.39. The molecule has 3 N–H and O–H groups in total. The third kappa shape index (κ3) is 7.79. The quantitative estimate of drug-likeness (QED) is 0.295. The van der Waals surface area contributed by atoms with Gasteiger partial charge in [0, 0.05) is 18.6 Å². The predicted molar refractivity (Wildman–Crippen MR) is 118 cm³/mol. The van der Waals surface area contributed by atoms with Crippen molar-refractivity contribution in [2.24, 2.45) is 10.9 Å². The van der Waals surface area contributed by atoms with E-state index in [1.807, 2.05) is 45.0 Å². The van der Waals surface area contributed by atoms with Gasteiger partial charge in [-0.25, -0.2) is 18.1 Å². The molecule has 1 aliphatic rings. The summed E-state index contributed by atoms with van der Waals surface area (Å²) in [5.74, 6) is 1.44. The van der Waals surface area contributed by atoms with Gasteiger partial charge in [-0.05, 0) is 44.2 Å². The van der Waals surface area contributed by atoms with Crippen LogP contribution in [0.3, 0.4) is 0 Å². The van der Waals surface area contributed by atoms with E-state index in [2.05, 4.69) is 27.3 Å². The fraction of sp³-hybridized carbons (Fsp3) is 0.611. The number of sulfonamides is 1. The van der Waals surface area contributed by atoms with E-state index in [1.165, 1.54) is 6.42 Å². The van der Waals surface area contributed by atoms with Crippen LogP contribution in [0.1, 0.15) is 45.2 Å². The van der Waals surface area contributed by atoms with Gasteiger partial charge in [0.15, 0.2) is 5.96 Å². The minimum Gasteiger partial charge on any atom is -0.357 e. The zero-order valence-electron chi connectivity index (χ0n) is 16.0. The summed E-state index contributed by atoms with van der Waals surface area (Å²) in [5.41, 5.74) is 1.72. The Morgan fingerprint density at radius 2 is 1.88 bits per heavy atom. The first-order valence-corrected chi connectivity index (χ1v) is 10.6. The highest BCUT2D eigenvalue weighted by Crippen LogP contribution is 2.28. The molecule has 0 saturated heterocycles. The Balaban J connectivity index is 0.00000338. The first-order chi connectivity index (χ1) is 11.8. The lowest BCUT2D eigenvalue weighted by atomic mass is 10.1. The first-order valence-electron chi connectivity index (χ1n) is 8.92. The van der Waals surface area contributed by atoms with Crippen molar-refractivity contribution < 1.29 is 8.42 Å². The molecule has 0 radical (unpaired) electrons. The molecule has 8 heteroatoms. The SMILES string of the molecule is CCNC(=NCc1ccccc1CS(=O)(=O)NC(C)C)NC1CC1C.I. The Kier molecular flexibility index (Phi) is 9.32. The standard InChI is InChI=1S/C18H30N4O2S.HI/c1-5-19-18(21-17-10-14(17)4)20-11-15-8-6-7-9-16(15)12-25(23,24)22-13(2)3;/h6-9,13-14,17,22H,5,10-12H2,1-4H3,(H2,19,20,21);1H. The van der Waals surface area contributed by atoms with Crippen LogP contribution in [-0.4, -0.2) is 33.0 Å². The maximum Gasteiger partial charge on any atom is 0.216 e. The molecule has 2 atom stereocenters. The molecule has 6 nitrogen and oxygen atoms in total. The Labute approximate surface area is 174 Å². The van der Waals surface area contributed by atoms with Gasteiger partial charge in [0.1, 0.15) is 0 Å². The number of aliphatic imine (C=N–C) groups is 1. The van der Waals surface area contributed by atoms with Crippen LogP contribution in [0, 0.1) is 5.92 Å². The van der Waals surface area contributed by atoms with E-state index in [0.717, 1.165) is 23.6 Å². The van der Waals surface area contributed by atoms with Crippen molar-refractivity contribution in [2.45, 2.75) is 58.5 Å². The van der Waals surface area contributed by atoms with E-state index < -0.39 is 10.0 Å². The number of halogens is 1. The van der Waals surface area contributed by atoms with Gasteiger partial charge in [-0.2, -0.15) is 0 Å². The Bertz CT molecular complexity index is 707. The van der Waals surface area contributed by atoms with Crippen LogP contribution in [0.2, 0.25) is 0 Å². The van der Waals surface area contributed by atoms with E-state index in [9.17, 15) is 8.42 Å². The number of nitrogens with zero attached hydrogens (tertiary/aromatic N) is 1. The number of guanidine groups is 1. The molecule has 0 spiro atoms. The summed E-state index contributed by atoms with van der Waals surface area (Å²) in [6.45, 7) is 9.13. The monoisotopic (exact) mass is 494 g/mol. The van der Waals surface area contributed by atoms with Crippen molar-refractivity contribution >= 4 is 40.0 Å². The average molecular weight is 494 g/mol. The molecule has 0 aliphatic heterocycles. The zero-order chi connectivity index (χ0) is 18.4. The lowest BCUT2D eigenvalue weighted by molar-refractivity contribution is 0.569. The number of nitrogens with one attached hydrogen (secondary N) is 3. The van der Waals surface area contributed by atoms with Crippen molar-refractivity contribution in [2.75, 3.05) is 6.54 Å². The summed E-state index contributed by atoms with van der Waals surface area (Å²) in [6, 6.07) is 7.95. The van der Waals surface area contributed by atoms with Crippen LogP contribution >= 0.6 is 24.0 Å². The number of hydrogen-bond donors (Lipinski definition) is 3. The van der Waals surface area contributed by atoms with Crippen LogP contribution in [-0.2, 0) is 22.3 Å². The fourth-order valence-corrected chi connectivity index (χ4v) is 4.13. The molecule has 1 saturated carbocycles. The first kappa shape index (κ1) is 23.2. The average Bonchev–Trinajstić information content (AvgIpc) is 3.19. The van der Waals surface area contributed by atoms with Crippen molar-refractivity contribution in [1.82, 2.24) is 15.4 Å². The molecule has 2 rings (SSSR count). The van der Waals surface area contributed by atoms with Crippen LogP contribution in [0.4, 0.5) is 0 Å². The molecular formula is C18H31IN4O2S. The van der Waals surface area contributed by atoms with Crippen molar-refractivity contribution in [3.8, 4) is 0 Å². The van der Waals surface area contributed by atoms with Gasteiger partial charge in [-0.1, -0.05) is 31.2 Å². The van der Waals surface area contributed by atoms with E-state index >= 15 is 0 Å². The third-order valence-corrected chi connectivity index (χ3v) is 5.58. The number of hydrogen-bond acceptors (Lipinski definition) is 3. The van der Waals surface area contributed by atoms with Gasteiger partial charge >= 0.3 is 0 Å². The van der Waals surface area contributed by atoms with Crippen LogP contribution in [0.15, 0.2) is 29.3 Å². The lowest BCUT2D eigenvalue weighted by Gasteiger charge is -2.13. The molecule has 1 fully saturated rings. The van der Waals surface area contributed by atoms with Gasteiger partial charge in [-0.15, -0.1) is 24.0 Å². The second kappa shape index (κ2) is 10.5. The summed E-state index contributed by atoms with van der Waals surface area (Å²) in [4.78, 5) is 4.63. The predicted octanol–water partition coefficient (Wildman–Crippen LogP) is 2.60.